The van der Waals surface area contributed by atoms with E-state index in [9.17, 15) is 4.79 Å². The van der Waals surface area contributed by atoms with Crippen LogP contribution < -0.4 is 15.4 Å². The number of nitrogens with zero attached hydrogens (tertiary/aromatic N) is 3. The largest absolute Gasteiger partial charge is 0.496 e. The topological polar surface area (TPSA) is 89.0 Å². The number of carbonyl (C=O) groups excluding carboxylic acids is 1. The van der Waals surface area contributed by atoms with E-state index in [1.165, 1.54) is 6.33 Å². The van der Waals surface area contributed by atoms with Gasteiger partial charge >= 0.3 is 0 Å². The molecule has 0 bridgehead atoms. The Bertz CT molecular complexity index is 871. The molecule has 0 atom stereocenters. The van der Waals surface area contributed by atoms with E-state index in [2.05, 4.69) is 25.6 Å². The molecule has 3 rings (SSSR count). The van der Waals surface area contributed by atoms with Crippen molar-refractivity contribution >= 4 is 11.7 Å². The highest BCUT2D eigenvalue weighted by atomic mass is 16.5. The molecule has 0 spiro atoms. The number of carbonyl (C=O) groups is 1. The Morgan fingerprint density at radius 3 is 2.69 bits per heavy atom. The highest BCUT2D eigenvalue weighted by molar-refractivity contribution is 5.92. The monoisotopic (exact) mass is 349 g/mol. The van der Waals surface area contributed by atoms with Gasteiger partial charge in [0.25, 0.3) is 5.91 Å². The summed E-state index contributed by atoms with van der Waals surface area (Å²) in [5, 5.41) is 6.02. The third kappa shape index (κ3) is 4.54. The zero-order valence-corrected chi connectivity index (χ0v) is 14.3. The number of ether oxygens (including phenoxy) is 1. The fourth-order valence-corrected chi connectivity index (χ4v) is 2.39. The zero-order valence-electron chi connectivity index (χ0n) is 14.3. The van der Waals surface area contributed by atoms with Crippen molar-refractivity contribution in [3.63, 3.8) is 0 Å². The average molecular weight is 349 g/mol. The van der Waals surface area contributed by atoms with Gasteiger partial charge in [-0.05, 0) is 23.8 Å². The lowest BCUT2D eigenvalue weighted by Gasteiger charge is -2.10. The standard InChI is InChI=1S/C19H19N5O2/c1-26-17-5-3-2-4-15(17)12-22-19(25)16-10-18(24-13-23-16)21-11-14-6-8-20-9-7-14/h2-10,13H,11-12H2,1H3,(H,22,25)(H,21,23,24). The van der Waals surface area contributed by atoms with Crippen LogP contribution in [0.25, 0.3) is 0 Å². The first-order valence-corrected chi connectivity index (χ1v) is 8.11. The number of para-hydroxylation sites is 1. The molecule has 0 aliphatic rings. The van der Waals surface area contributed by atoms with Crippen molar-refractivity contribution in [1.82, 2.24) is 20.3 Å². The molecule has 3 aromatic rings. The van der Waals surface area contributed by atoms with Crippen LogP contribution in [0.15, 0.2) is 61.2 Å². The van der Waals surface area contributed by atoms with E-state index in [0.717, 1.165) is 16.9 Å². The average Bonchev–Trinajstić information content (AvgIpc) is 2.71. The van der Waals surface area contributed by atoms with Gasteiger partial charge in [-0.15, -0.1) is 0 Å². The maximum absolute atomic E-state index is 12.4. The van der Waals surface area contributed by atoms with Gasteiger partial charge in [0, 0.05) is 37.1 Å². The Morgan fingerprint density at radius 2 is 1.88 bits per heavy atom. The summed E-state index contributed by atoms with van der Waals surface area (Å²) < 4.78 is 5.29. The van der Waals surface area contributed by atoms with Crippen LogP contribution in [0.1, 0.15) is 21.6 Å². The molecule has 0 aliphatic heterocycles. The fourth-order valence-electron chi connectivity index (χ4n) is 2.39. The Balaban J connectivity index is 1.61. The van der Waals surface area contributed by atoms with E-state index in [1.54, 1.807) is 25.6 Å². The van der Waals surface area contributed by atoms with Crippen molar-refractivity contribution < 1.29 is 9.53 Å². The van der Waals surface area contributed by atoms with Crippen LogP contribution in [0.3, 0.4) is 0 Å². The number of pyridine rings is 1. The predicted octanol–water partition coefficient (Wildman–Crippen LogP) is 2.42. The molecule has 7 nitrogen and oxygen atoms in total. The molecular formula is C19H19N5O2. The summed E-state index contributed by atoms with van der Waals surface area (Å²) in [5.41, 5.74) is 2.27. The highest BCUT2D eigenvalue weighted by Gasteiger charge is 2.10. The van der Waals surface area contributed by atoms with Crippen molar-refractivity contribution in [3.8, 4) is 5.75 Å². The minimum atomic E-state index is -0.273. The maximum Gasteiger partial charge on any atom is 0.270 e. The molecule has 2 heterocycles. The van der Waals surface area contributed by atoms with Gasteiger partial charge in [0.2, 0.25) is 0 Å². The molecular weight excluding hydrogens is 330 g/mol. The van der Waals surface area contributed by atoms with E-state index in [0.29, 0.717) is 24.6 Å². The van der Waals surface area contributed by atoms with Crippen LogP contribution in [-0.4, -0.2) is 28.0 Å². The molecule has 0 radical (unpaired) electrons. The maximum atomic E-state index is 12.4. The van der Waals surface area contributed by atoms with Gasteiger partial charge in [-0.1, -0.05) is 18.2 Å². The van der Waals surface area contributed by atoms with Crippen LogP contribution in [0, 0.1) is 0 Å². The number of aromatic nitrogens is 3. The Kier molecular flexibility index (Phi) is 5.72. The zero-order chi connectivity index (χ0) is 18.2. The van der Waals surface area contributed by atoms with Crippen LogP contribution in [0.5, 0.6) is 5.75 Å². The number of methoxy groups -OCH3 is 1. The van der Waals surface area contributed by atoms with E-state index in [-0.39, 0.29) is 5.91 Å². The second kappa shape index (κ2) is 8.57. The van der Waals surface area contributed by atoms with Crippen molar-refractivity contribution in [3.05, 3.63) is 78.0 Å². The third-order valence-corrected chi connectivity index (χ3v) is 3.75. The summed E-state index contributed by atoms with van der Waals surface area (Å²) >= 11 is 0. The molecule has 0 saturated carbocycles. The minimum absolute atomic E-state index is 0.273. The van der Waals surface area contributed by atoms with E-state index in [4.69, 9.17) is 4.74 Å². The second-order valence-corrected chi connectivity index (χ2v) is 5.49. The summed E-state index contributed by atoms with van der Waals surface area (Å²) in [4.78, 5) is 24.5. The SMILES string of the molecule is COc1ccccc1CNC(=O)c1cc(NCc2ccncc2)ncn1. The molecule has 7 heteroatoms. The summed E-state index contributed by atoms with van der Waals surface area (Å²) in [6.07, 6.45) is 4.83. The number of hydrogen-bond acceptors (Lipinski definition) is 6. The first-order chi connectivity index (χ1) is 12.8. The van der Waals surface area contributed by atoms with Crippen molar-refractivity contribution in [2.24, 2.45) is 0 Å². The fraction of sp³-hybridized carbons (Fsp3) is 0.158. The lowest BCUT2D eigenvalue weighted by molar-refractivity contribution is 0.0945. The predicted molar refractivity (Wildman–Crippen MR) is 97.8 cm³/mol. The lowest BCUT2D eigenvalue weighted by atomic mass is 10.2. The van der Waals surface area contributed by atoms with Gasteiger partial charge in [-0.2, -0.15) is 0 Å². The smallest absolute Gasteiger partial charge is 0.270 e. The van der Waals surface area contributed by atoms with E-state index < -0.39 is 0 Å². The molecule has 26 heavy (non-hydrogen) atoms. The van der Waals surface area contributed by atoms with Gasteiger partial charge in [0.1, 0.15) is 23.6 Å². The van der Waals surface area contributed by atoms with Gasteiger partial charge in [-0.25, -0.2) is 9.97 Å². The van der Waals surface area contributed by atoms with Crippen LogP contribution in [0.4, 0.5) is 5.82 Å². The Hall–Kier alpha value is -3.48. The highest BCUT2D eigenvalue weighted by Crippen LogP contribution is 2.17. The Labute approximate surface area is 151 Å². The summed E-state index contributed by atoms with van der Waals surface area (Å²) in [6.45, 7) is 0.939. The summed E-state index contributed by atoms with van der Waals surface area (Å²) in [7, 11) is 1.60. The van der Waals surface area contributed by atoms with Crippen molar-refractivity contribution in [1.29, 1.82) is 0 Å². The number of hydrogen-bond donors (Lipinski definition) is 2. The summed E-state index contributed by atoms with van der Waals surface area (Å²) in [5.74, 6) is 1.04. The summed E-state index contributed by atoms with van der Waals surface area (Å²) in [6, 6.07) is 13.0. The van der Waals surface area contributed by atoms with Gasteiger partial charge in [-0.3, -0.25) is 9.78 Å². The molecule has 0 aliphatic carbocycles. The molecule has 2 N–H and O–H groups in total. The number of benzene rings is 1. The minimum Gasteiger partial charge on any atom is -0.496 e. The van der Waals surface area contributed by atoms with Crippen LogP contribution >= 0.6 is 0 Å². The normalized spacial score (nSPS) is 10.2. The van der Waals surface area contributed by atoms with E-state index in [1.807, 2.05) is 36.4 Å². The second-order valence-electron chi connectivity index (χ2n) is 5.49. The van der Waals surface area contributed by atoms with Crippen molar-refractivity contribution in [2.45, 2.75) is 13.1 Å². The molecule has 1 aromatic carbocycles. The number of anilines is 1. The molecule has 0 fully saturated rings. The third-order valence-electron chi connectivity index (χ3n) is 3.75. The molecule has 0 unspecified atom stereocenters. The molecule has 1 amide bonds. The quantitative estimate of drug-likeness (QED) is 0.681. The number of amides is 1. The first-order valence-electron chi connectivity index (χ1n) is 8.11. The van der Waals surface area contributed by atoms with Crippen LogP contribution in [0.2, 0.25) is 0 Å². The number of nitrogens with one attached hydrogen (secondary N) is 2. The Morgan fingerprint density at radius 1 is 1.08 bits per heavy atom. The molecule has 132 valence electrons. The van der Waals surface area contributed by atoms with E-state index >= 15 is 0 Å². The molecule has 2 aromatic heterocycles. The molecule has 0 saturated heterocycles. The lowest BCUT2D eigenvalue weighted by Crippen LogP contribution is -2.24. The number of rotatable bonds is 7. The van der Waals surface area contributed by atoms with Gasteiger partial charge in [0.05, 0.1) is 7.11 Å². The first kappa shape index (κ1) is 17.3. The van der Waals surface area contributed by atoms with Gasteiger partial charge in [0.15, 0.2) is 0 Å². The van der Waals surface area contributed by atoms with Gasteiger partial charge < -0.3 is 15.4 Å². The van der Waals surface area contributed by atoms with Crippen molar-refractivity contribution in [2.75, 3.05) is 12.4 Å². The van der Waals surface area contributed by atoms with Crippen LogP contribution in [-0.2, 0) is 13.1 Å².